The number of amides is 4. The van der Waals surface area contributed by atoms with E-state index in [0.29, 0.717) is 71.8 Å². The molecule has 0 bridgehead atoms. The van der Waals surface area contributed by atoms with Gasteiger partial charge in [0.2, 0.25) is 17.7 Å². The molecule has 1 saturated carbocycles. The number of ether oxygens (including phenoxy) is 2. The van der Waals surface area contributed by atoms with Gasteiger partial charge in [-0.05, 0) is 121 Å². The van der Waals surface area contributed by atoms with Crippen LogP contribution in [-0.2, 0) is 45.1 Å². The molecule has 4 N–H and O–H groups in total. The van der Waals surface area contributed by atoms with Crippen LogP contribution in [0.15, 0.2) is 96.5 Å². The summed E-state index contributed by atoms with van der Waals surface area (Å²) in [6, 6.07) is 27.6. The zero-order valence-electron chi connectivity index (χ0n) is 47.8. The van der Waals surface area contributed by atoms with Gasteiger partial charge in [-0.2, -0.15) is 0 Å². The molecular weight excluding hydrogens is 1120 g/mol. The molecule has 17 nitrogen and oxygen atoms in total. The lowest BCUT2D eigenvalue weighted by Crippen LogP contribution is -2.60. The van der Waals surface area contributed by atoms with E-state index >= 15 is 0 Å². The van der Waals surface area contributed by atoms with Crippen LogP contribution in [0.4, 0.5) is 10.3 Å². The number of thiazole rings is 3. The van der Waals surface area contributed by atoms with Crippen LogP contribution >= 0.6 is 34.0 Å². The van der Waals surface area contributed by atoms with Crippen LogP contribution in [0, 0.1) is 41.9 Å². The average molecular weight is 1190 g/mol. The van der Waals surface area contributed by atoms with Crippen LogP contribution < -0.4 is 25.6 Å². The molecule has 3 atom stereocenters. The zero-order valence-corrected chi connectivity index (χ0v) is 50.3. The number of carbonyl (C=O) groups is 5. The van der Waals surface area contributed by atoms with Crippen molar-refractivity contribution >= 4 is 84.1 Å². The standard InChI is InChI=1S/C64H69N9O8S3/c1-38-56(82-37-66-38)43-21-17-40(18-22-43)31-65-59(77)51-30-46(74)34-73(51)60(78)57(64(2,3)4)68-54(75)36-71-32-45(33-71)44-28-41(29-44)16-15-39-19-23-47(24-20-39)81-27-9-14-53-55(61(79)80-5)69-63(84-53)72-26-25-42-10-8-11-48(49(42)35-72)58(76)70-62-67-50-12-6-7-13-52(50)83-62/h6-8,10-13,17-24,37,41,44-46,51,57,74H,9,14,25-36H2,1-5H3,(H,65,77)(H,68,75)(H,67,70,76)/t41?,44?,46-,51+,57-/m1/s1. The molecule has 7 aromatic rings. The summed E-state index contributed by atoms with van der Waals surface area (Å²) in [5.41, 5.74) is 8.81. The minimum atomic E-state index is -0.886. The smallest absolute Gasteiger partial charge is 0.357 e. The summed E-state index contributed by atoms with van der Waals surface area (Å²) >= 11 is 4.50. The topological polar surface area (TPSA) is 209 Å². The van der Waals surface area contributed by atoms with Gasteiger partial charge >= 0.3 is 5.97 Å². The van der Waals surface area contributed by atoms with Gasteiger partial charge < -0.3 is 35.0 Å². The van der Waals surface area contributed by atoms with Crippen molar-refractivity contribution in [1.29, 1.82) is 0 Å². The molecule has 3 aliphatic heterocycles. The molecule has 2 saturated heterocycles. The van der Waals surface area contributed by atoms with Crippen LogP contribution in [0.3, 0.4) is 0 Å². The van der Waals surface area contributed by atoms with Crippen molar-refractivity contribution in [2.75, 3.05) is 56.7 Å². The molecular formula is C64H69N9O8S3. The summed E-state index contributed by atoms with van der Waals surface area (Å²) in [6.07, 6.45) is 3.27. The Kier molecular flexibility index (Phi) is 17.6. The minimum absolute atomic E-state index is 0.0182. The van der Waals surface area contributed by atoms with Crippen LogP contribution in [-0.4, -0.2) is 124 Å². The number of carbonyl (C=O) groups excluding carboxylic acids is 5. The first-order valence-electron chi connectivity index (χ1n) is 28.7. The number of β-amino-alcohol motifs (C(OH)–C–C–N with tert-alkyl or cyclic N) is 1. The maximum absolute atomic E-state index is 14.2. The molecule has 0 unspecified atom stereocenters. The molecule has 4 aromatic carbocycles. The molecule has 4 aliphatic rings. The number of fused-ring (bicyclic) bond motifs is 2. The fourth-order valence-electron chi connectivity index (χ4n) is 11.6. The normalized spacial score (nSPS) is 19.1. The van der Waals surface area contributed by atoms with Crippen LogP contribution in [0.5, 0.6) is 5.75 Å². The summed E-state index contributed by atoms with van der Waals surface area (Å²) in [5.74, 6) is 7.25. The number of aliphatic hydroxyl groups excluding tert-OH is 1. The first-order valence-corrected chi connectivity index (χ1v) is 31.2. The maximum atomic E-state index is 14.2. The number of aromatic nitrogens is 3. The number of likely N-dealkylation sites (tertiary alicyclic amines) is 2. The maximum Gasteiger partial charge on any atom is 0.357 e. The number of nitrogens with zero attached hydrogens (tertiary/aromatic N) is 6. The van der Waals surface area contributed by atoms with E-state index in [9.17, 15) is 29.1 Å². The lowest BCUT2D eigenvalue weighted by atomic mass is 9.66. The molecule has 84 heavy (non-hydrogen) atoms. The van der Waals surface area contributed by atoms with Gasteiger partial charge in [0.15, 0.2) is 16.0 Å². The Morgan fingerprint density at radius 2 is 1.68 bits per heavy atom. The number of anilines is 2. The second kappa shape index (κ2) is 25.4. The highest BCUT2D eigenvalue weighted by Crippen LogP contribution is 2.42. The van der Waals surface area contributed by atoms with E-state index < -0.39 is 29.6 Å². The van der Waals surface area contributed by atoms with E-state index in [4.69, 9.17) is 14.5 Å². The summed E-state index contributed by atoms with van der Waals surface area (Å²) in [5, 5.41) is 20.9. The molecule has 1 aliphatic carbocycles. The Balaban J connectivity index is 0.599. The largest absolute Gasteiger partial charge is 0.494 e. The van der Waals surface area contributed by atoms with Gasteiger partial charge in [-0.3, -0.25) is 29.4 Å². The van der Waals surface area contributed by atoms with Gasteiger partial charge in [0, 0.05) is 67.6 Å². The highest BCUT2D eigenvalue weighted by molar-refractivity contribution is 7.22. The van der Waals surface area contributed by atoms with Gasteiger partial charge in [-0.15, -0.1) is 22.7 Å². The van der Waals surface area contributed by atoms with E-state index in [1.807, 2.05) is 118 Å². The molecule has 436 valence electrons. The van der Waals surface area contributed by atoms with Crippen molar-refractivity contribution in [2.24, 2.45) is 23.2 Å². The van der Waals surface area contributed by atoms with Gasteiger partial charge in [0.1, 0.15) is 17.8 Å². The average Bonchev–Trinajstić information content (AvgIpc) is 4.20. The van der Waals surface area contributed by atoms with E-state index in [-0.39, 0.29) is 49.7 Å². The minimum Gasteiger partial charge on any atom is -0.494 e. The Morgan fingerprint density at radius 1 is 0.893 bits per heavy atom. The second-order valence-corrected chi connectivity index (χ2v) is 26.3. The summed E-state index contributed by atoms with van der Waals surface area (Å²) < 4.78 is 12.3. The molecule has 0 spiro atoms. The second-order valence-electron chi connectivity index (χ2n) is 23.4. The third-order valence-electron chi connectivity index (χ3n) is 16.4. The van der Waals surface area contributed by atoms with Crippen molar-refractivity contribution in [3.05, 3.63) is 141 Å². The predicted octanol–water partition coefficient (Wildman–Crippen LogP) is 8.92. The van der Waals surface area contributed by atoms with Crippen molar-refractivity contribution in [3.63, 3.8) is 0 Å². The van der Waals surface area contributed by atoms with Gasteiger partial charge in [0.25, 0.3) is 5.91 Å². The van der Waals surface area contributed by atoms with Crippen LogP contribution in [0.2, 0.25) is 0 Å². The lowest BCUT2D eigenvalue weighted by molar-refractivity contribution is -0.144. The summed E-state index contributed by atoms with van der Waals surface area (Å²) in [7, 11) is 1.36. The van der Waals surface area contributed by atoms with Crippen LogP contribution in [0.25, 0.3) is 20.7 Å². The third kappa shape index (κ3) is 13.4. The number of aryl methyl sites for hydroxylation is 2. The Bertz CT molecular complexity index is 3590. The number of para-hydroxylation sites is 1. The number of hydrogen-bond acceptors (Lipinski definition) is 16. The Hall–Kier alpha value is -7.54. The molecule has 0 radical (unpaired) electrons. The fourth-order valence-corrected chi connectivity index (χ4v) is 14.4. The summed E-state index contributed by atoms with van der Waals surface area (Å²) in [6.45, 7) is 11.4. The number of aliphatic hydroxyl groups is 1. The number of hydrogen-bond donors (Lipinski definition) is 4. The number of benzene rings is 4. The van der Waals surface area contributed by atoms with E-state index in [1.165, 1.54) is 34.7 Å². The van der Waals surface area contributed by atoms with E-state index in [2.05, 4.69) is 53.6 Å². The van der Waals surface area contributed by atoms with Crippen LogP contribution in [0.1, 0.15) is 100 Å². The lowest BCUT2D eigenvalue weighted by Gasteiger charge is -2.48. The monoisotopic (exact) mass is 1190 g/mol. The number of esters is 1. The van der Waals surface area contributed by atoms with Crippen molar-refractivity contribution in [2.45, 2.75) is 97.5 Å². The fraction of sp³-hybridized carbons (Fsp3) is 0.406. The molecule has 11 rings (SSSR count). The molecule has 3 fully saturated rings. The first-order chi connectivity index (χ1) is 40.5. The summed E-state index contributed by atoms with van der Waals surface area (Å²) in [4.78, 5) is 89.2. The molecule has 3 aromatic heterocycles. The molecule has 20 heteroatoms. The number of rotatable bonds is 18. The number of methoxy groups -OCH3 is 1. The van der Waals surface area contributed by atoms with Gasteiger partial charge in [-0.25, -0.2) is 19.7 Å². The van der Waals surface area contributed by atoms with Gasteiger partial charge in [-0.1, -0.05) is 92.5 Å². The highest BCUT2D eigenvalue weighted by atomic mass is 32.1. The number of nitrogens with one attached hydrogen (secondary N) is 3. The van der Waals surface area contributed by atoms with E-state index in [1.54, 1.807) is 11.3 Å². The highest BCUT2D eigenvalue weighted by Gasteiger charge is 2.46. The molecule has 6 heterocycles. The Morgan fingerprint density at radius 3 is 2.42 bits per heavy atom. The predicted molar refractivity (Wildman–Crippen MR) is 327 cm³/mol. The quantitative estimate of drug-likeness (QED) is 0.0360. The van der Waals surface area contributed by atoms with Crippen molar-refractivity contribution < 1.29 is 38.6 Å². The van der Waals surface area contributed by atoms with Crippen molar-refractivity contribution in [1.82, 2.24) is 35.4 Å². The molecule has 4 amide bonds. The SMILES string of the molecule is COC(=O)c1nc(N2CCc3cccc(C(=O)Nc4nc5ccccc5s4)c3C2)sc1CCCOc1ccc(C#CC2CC(C3CN(CC(=O)N[C@H](C(=O)N4C[C@H](O)C[C@H]4C(=O)NCc4ccc(-c5scnc5C)cc4)C(C)(C)C)C3)C2)cc1. The van der Waals surface area contributed by atoms with E-state index in [0.717, 1.165) is 91.6 Å². The zero-order chi connectivity index (χ0) is 58.6. The Labute approximate surface area is 501 Å². The van der Waals surface area contributed by atoms with Gasteiger partial charge in [0.05, 0.1) is 52.7 Å². The van der Waals surface area contributed by atoms with Crippen molar-refractivity contribution in [3.8, 4) is 28.0 Å². The first kappa shape index (κ1) is 58.2. The third-order valence-corrected chi connectivity index (χ3v) is 19.5.